The zero-order chi connectivity index (χ0) is 20.2. The van der Waals surface area contributed by atoms with E-state index in [0.29, 0.717) is 0 Å². The van der Waals surface area contributed by atoms with Gasteiger partial charge in [0.25, 0.3) is 0 Å². The minimum atomic E-state index is 1.22. The predicted molar refractivity (Wildman–Crippen MR) is 140 cm³/mol. The van der Waals surface area contributed by atoms with Crippen LogP contribution in [0.2, 0.25) is 0 Å². The summed E-state index contributed by atoms with van der Waals surface area (Å²) in [5.74, 6) is 0. The molecular formula is C26H18S4. The fourth-order valence-electron chi connectivity index (χ4n) is 3.06. The molecule has 0 amide bonds. The third kappa shape index (κ3) is 4.63. The summed E-state index contributed by atoms with van der Waals surface area (Å²) < 4.78 is 0. The number of thiophene rings is 4. The number of rotatable bonds is 6. The van der Waals surface area contributed by atoms with Gasteiger partial charge in [0.2, 0.25) is 0 Å². The smallest absolute Gasteiger partial charge is 0.0448 e. The first-order chi connectivity index (χ1) is 14.8. The molecule has 0 saturated heterocycles. The Kier molecular flexibility index (Phi) is 5.91. The first kappa shape index (κ1) is 19.5. The lowest BCUT2D eigenvalue weighted by Crippen LogP contribution is -1.74. The Labute approximate surface area is 192 Å². The van der Waals surface area contributed by atoms with Gasteiger partial charge < -0.3 is 0 Å². The fraction of sp³-hybridized carbons (Fsp3) is 0. The molecule has 0 spiro atoms. The van der Waals surface area contributed by atoms with E-state index in [4.69, 9.17) is 0 Å². The van der Waals surface area contributed by atoms with E-state index in [1.165, 1.54) is 40.4 Å². The molecule has 30 heavy (non-hydrogen) atoms. The second kappa shape index (κ2) is 9.11. The third-order valence-corrected chi connectivity index (χ3v) is 8.83. The molecule has 146 valence electrons. The van der Waals surface area contributed by atoms with Crippen LogP contribution in [0.4, 0.5) is 0 Å². The summed E-state index contributed by atoms with van der Waals surface area (Å²) in [6.07, 6.45) is 8.77. The van der Waals surface area contributed by atoms with Crippen LogP contribution in [0.3, 0.4) is 0 Å². The van der Waals surface area contributed by atoms with Gasteiger partial charge in [0, 0.05) is 29.3 Å². The van der Waals surface area contributed by atoms with E-state index < -0.39 is 0 Å². The zero-order valence-corrected chi connectivity index (χ0v) is 19.3. The monoisotopic (exact) mass is 458 g/mol. The van der Waals surface area contributed by atoms with Crippen LogP contribution in [0.25, 0.3) is 43.8 Å². The molecule has 0 aliphatic rings. The summed E-state index contributed by atoms with van der Waals surface area (Å²) in [6, 6.07) is 26.1. The highest BCUT2D eigenvalue weighted by Gasteiger charge is 2.02. The van der Waals surface area contributed by atoms with Crippen LogP contribution in [-0.4, -0.2) is 0 Å². The average molecular weight is 459 g/mol. The van der Waals surface area contributed by atoms with Crippen LogP contribution in [0.1, 0.15) is 20.9 Å². The molecule has 5 aromatic rings. The van der Waals surface area contributed by atoms with E-state index in [0.717, 1.165) is 0 Å². The second-order valence-corrected chi connectivity index (χ2v) is 10.8. The Morgan fingerprint density at radius 3 is 1.30 bits per heavy atom. The van der Waals surface area contributed by atoms with E-state index in [2.05, 4.69) is 108 Å². The van der Waals surface area contributed by atoms with Gasteiger partial charge in [-0.1, -0.05) is 48.6 Å². The average Bonchev–Trinajstić information content (AvgIpc) is 3.57. The SMILES string of the molecule is C(=C\c1ccc(-c2cccs2)s1)/c1ccc(/C=C/c2ccc(-c3cccs3)s2)cc1. The summed E-state index contributed by atoms with van der Waals surface area (Å²) in [4.78, 5) is 7.90. The third-order valence-electron chi connectivity index (χ3n) is 4.60. The minimum absolute atomic E-state index is 1.22. The first-order valence-corrected chi connectivity index (χ1v) is 13.0. The lowest BCUT2D eigenvalue weighted by Gasteiger charge is -1.96. The highest BCUT2D eigenvalue weighted by atomic mass is 32.1. The Morgan fingerprint density at radius 2 is 0.900 bits per heavy atom. The molecule has 0 N–H and O–H groups in total. The van der Waals surface area contributed by atoms with Gasteiger partial charge >= 0.3 is 0 Å². The maximum Gasteiger partial charge on any atom is 0.0448 e. The molecule has 0 bridgehead atoms. The largest absolute Gasteiger partial charge is 0.143 e. The summed E-state index contributed by atoms with van der Waals surface area (Å²) in [6.45, 7) is 0. The maximum absolute atomic E-state index is 2.21. The van der Waals surface area contributed by atoms with Crippen molar-refractivity contribution in [1.29, 1.82) is 0 Å². The lowest BCUT2D eigenvalue weighted by molar-refractivity contribution is 1.63. The fourth-order valence-corrected chi connectivity index (χ4v) is 6.55. The minimum Gasteiger partial charge on any atom is -0.143 e. The zero-order valence-electron chi connectivity index (χ0n) is 16.0. The Hall–Kier alpha value is -2.50. The highest BCUT2D eigenvalue weighted by molar-refractivity contribution is 7.22. The molecule has 0 saturated carbocycles. The van der Waals surface area contributed by atoms with Gasteiger partial charge in [-0.05, 0) is 70.4 Å². The van der Waals surface area contributed by atoms with Crippen molar-refractivity contribution < 1.29 is 0 Å². The quantitative estimate of drug-likeness (QED) is 0.237. The standard InChI is InChI=1S/C26H18S4/c1-3-23(27-17-1)25-15-13-21(29-25)11-9-19-5-7-20(8-6-19)10-12-22-14-16-26(30-22)24-4-2-18-28-24/h1-18H/b11-9+,12-10+. The summed E-state index contributed by atoms with van der Waals surface area (Å²) >= 11 is 7.25. The Morgan fingerprint density at radius 1 is 0.433 bits per heavy atom. The van der Waals surface area contributed by atoms with E-state index >= 15 is 0 Å². The van der Waals surface area contributed by atoms with Gasteiger partial charge in [0.05, 0.1) is 0 Å². The Bertz CT molecular complexity index is 1160. The first-order valence-electron chi connectivity index (χ1n) is 9.57. The Balaban J connectivity index is 1.23. The van der Waals surface area contributed by atoms with Gasteiger partial charge in [-0.2, -0.15) is 0 Å². The van der Waals surface area contributed by atoms with Crippen molar-refractivity contribution >= 4 is 69.7 Å². The van der Waals surface area contributed by atoms with Crippen molar-refractivity contribution in [3.8, 4) is 19.5 Å². The van der Waals surface area contributed by atoms with Crippen LogP contribution in [0.5, 0.6) is 0 Å². The van der Waals surface area contributed by atoms with E-state index in [9.17, 15) is 0 Å². The molecular weight excluding hydrogens is 441 g/mol. The van der Waals surface area contributed by atoms with Crippen LogP contribution < -0.4 is 0 Å². The van der Waals surface area contributed by atoms with E-state index in [1.54, 1.807) is 22.7 Å². The van der Waals surface area contributed by atoms with Crippen molar-refractivity contribution in [2.45, 2.75) is 0 Å². The van der Waals surface area contributed by atoms with Crippen LogP contribution in [-0.2, 0) is 0 Å². The van der Waals surface area contributed by atoms with Crippen molar-refractivity contribution in [3.05, 3.63) is 104 Å². The molecule has 0 unspecified atom stereocenters. The molecule has 0 radical (unpaired) electrons. The lowest BCUT2D eigenvalue weighted by atomic mass is 10.1. The van der Waals surface area contributed by atoms with Gasteiger partial charge in [-0.15, -0.1) is 45.3 Å². The van der Waals surface area contributed by atoms with Crippen molar-refractivity contribution in [2.24, 2.45) is 0 Å². The maximum atomic E-state index is 2.21. The molecule has 4 heteroatoms. The molecule has 0 aliphatic heterocycles. The van der Waals surface area contributed by atoms with Gasteiger partial charge in [0.15, 0.2) is 0 Å². The molecule has 0 atom stereocenters. The number of hydrogen-bond donors (Lipinski definition) is 0. The topological polar surface area (TPSA) is 0 Å². The van der Waals surface area contributed by atoms with Crippen LogP contribution >= 0.6 is 45.3 Å². The molecule has 4 aromatic heterocycles. The second-order valence-electron chi connectivity index (χ2n) is 6.69. The van der Waals surface area contributed by atoms with Crippen LogP contribution in [0.15, 0.2) is 83.6 Å². The molecule has 0 fully saturated rings. The van der Waals surface area contributed by atoms with Gasteiger partial charge in [-0.3, -0.25) is 0 Å². The molecule has 0 nitrogen and oxygen atoms in total. The molecule has 0 aliphatic carbocycles. The van der Waals surface area contributed by atoms with Crippen molar-refractivity contribution in [3.63, 3.8) is 0 Å². The van der Waals surface area contributed by atoms with Gasteiger partial charge in [0.1, 0.15) is 0 Å². The summed E-state index contributed by atoms with van der Waals surface area (Å²) in [7, 11) is 0. The van der Waals surface area contributed by atoms with Crippen molar-refractivity contribution in [2.75, 3.05) is 0 Å². The highest BCUT2D eigenvalue weighted by Crippen LogP contribution is 2.33. The summed E-state index contributed by atoms with van der Waals surface area (Å²) in [5, 5.41) is 4.25. The molecule has 4 heterocycles. The normalized spacial score (nSPS) is 11.7. The predicted octanol–water partition coefficient (Wildman–Crippen LogP) is 9.61. The number of benzene rings is 1. The van der Waals surface area contributed by atoms with Crippen molar-refractivity contribution in [1.82, 2.24) is 0 Å². The van der Waals surface area contributed by atoms with E-state index in [1.807, 2.05) is 22.7 Å². The van der Waals surface area contributed by atoms with Crippen LogP contribution in [0, 0.1) is 0 Å². The number of hydrogen-bond acceptors (Lipinski definition) is 4. The molecule has 1 aromatic carbocycles. The molecule has 5 rings (SSSR count). The van der Waals surface area contributed by atoms with Gasteiger partial charge in [-0.25, -0.2) is 0 Å². The summed E-state index contributed by atoms with van der Waals surface area (Å²) in [5.41, 5.74) is 2.43. The van der Waals surface area contributed by atoms with E-state index in [-0.39, 0.29) is 0 Å².